The number of hydrogen-bond donors (Lipinski definition) is 3. The van der Waals surface area contributed by atoms with Crippen molar-refractivity contribution in [2.24, 2.45) is 5.73 Å². The van der Waals surface area contributed by atoms with Crippen molar-refractivity contribution in [3.05, 3.63) is 28.8 Å². The van der Waals surface area contributed by atoms with Crippen LogP contribution in [0.2, 0.25) is 5.02 Å². The molecule has 0 fully saturated rings. The van der Waals surface area contributed by atoms with Crippen LogP contribution in [0.5, 0.6) is 0 Å². The summed E-state index contributed by atoms with van der Waals surface area (Å²) >= 11 is 5.87. The summed E-state index contributed by atoms with van der Waals surface area (Å²) in [6.07, 6.45) is 0. The second kappa shape index (κ2) is 5.35. The van der Waals surface area contributed by atoms with Gasteiger partial charge in [-0.05, 0) is 18.2 Å². The minimum Gasteiger partial charge on any atom is -0.480 e. The minimum atomic E-state index is -1.09. The molecule has 0 aliphatic carbocycles. The molecule has 0 amide bonds. The van der Waals surface area contributed by atoms with Gasteiger partial charge in [0.25, 0.3) is 0 Å². The third kappa shape index (κ3) is 3.12. The van der Waals surface area contributed by atoms with Crippen molar-refractivity contribution in [2.45, 2.75) is 6.04 Å². The van der Waals surface area contributed by atoms with Crippen LogP contribution < -0.4 is 11.1 Å². The zero-order valence-electron chi connectivity index (χ0n) is 8.27. The Labute approximate surface area is 97.4 Å². The molecular weight excluding hydrogens is 230 g/mol. The summed E-state index contributed by atoms with van der Waals surface area (Å²) in [7, 11) is 0. The maximum Gasteiger partial charge on any atom is 0.322 e. The van der Waals surface area contributed by atoms with Gasteiger partial charge in [-0.1, -0.05) is 11.6 Å². The summed E-state index contributed by atoms with van der Waals surface area (Å²) in [6.45, 7) is 0.0704. The highest BCUT2D eigenvalue weighted by atomic mass is 35.5. The molecule has 1 atom stereocenters. The van der Waals surface area contributed by atoms with Gasteiger partial charge in [0.2, 0.25) is 0 Å². The average molecular weight is 240 g/mol. The lowest BCUT2D eigenvalue weighted by molar-refractivity contribution is -0.138. The lowest BCUT2D eigenvalue weighted by atomic mass is 10.2. The van der Waals surface area contributed by atoms with Crippen molar-refractivity contribution in [3.63, 3.8) is 0 Å². The fourth-order valence-electron chi connectivity index (χ4n) is 1.04. The molecule has 0 bridgehead atoms. The van der Waals surface area contributed by atoms with Gasteiger partial charge in [-0.3, -0.25) is 4.79 Å². The van der Waals surface area contributed by atoms with E-state index in [0.717, 1.165) is 0 Å². The first kappa shape index (κ1) is 12.3. The number of rotatable bonds is 4. The summed E-state index contributed by atoms with van der Waals surface area (Å²) < 4.78 is 0. The first-order valence-corrected chi connectivity index (χ1v) is 4.84. The van der Waals surface area contributed by atoms with Gasteiger partial charge in [-0.2, -0.15) is 5.26 Å². The molecule has 0 spiro atoms. The van der Waals surface area contributed by atoms with Crippen molar-refractivity contribution >= 4 is 23.3 Å². The number of carbonyl (C=O) groups is 1. The van der Waals surface area contributed by atoms with E-state index in [-0.39, 0.29) is 6.54 Å². The Morgan fingerprint density at radius 3 is 2.88 bits per heavy atom. The number of halogens is 1. The predicted molar refractivity (Wildman–Crippen MR) is 60.3 cm³/mol. The molecule has 0 saturated carbocycles. The Morgan fingerprint density at radius 1 is 1.69 bits per heavy atom. The Bertz CT molecular complexity index is 442. The number of carboxylic acid groups (broad SMARTS) is 1. The number of aliphatic carboxylic acids is 1. The summed E-state index contributed by atoms with van der Waals surface area (Å²) in [5, 5.41) is 20.3. The number of anilines is 1. The summed E-state index contributed by atoms with van der Waals surface area (Å²) in [5.41, 5.74) is 6.31. The Balaban J connectivity index is 2.69. The van der Waals surface area contributed by atoms with Crippen molar-refractivity contribution in [1.82, 2.24) is 0 Å². The van der Waals surface area contributed by atoms with Crippen LogP contribution in [0.3, 0.4) is 0 Å². The van der Waals surface area contributed by atoms with Gasteiger partial charge in [0.15, 0.2) is 0 Å². The van der Waals surface area contributed by atoms with Gasteiger partial charge in [0.05, 0.1) is 22.3 Å². The van der Waals surface area contributed by atoms with Crippen LogP contribution >= 0.6 is 11.6 Å². The largest absolute Gasteiger partial charge is 0.480 e. The van der Waals surface area contributed by atoms with E-state index in [1.165, 1.54) is 6.07 Å². The molecule has 0 radical (unpaired) electrons. The molecule has 0 aromatic heterocycles. The maximum atomic E-state index is 10.5. The van der Waals surface area contributed by atoms with Gasteiger partial charge < -0.3 is 16.2 Å². The lowest BCUT2D eigenvalue weighted by Gasteiger charge is -2.10. The molecule has 1 unspecified atom stereocenters. The molecule has 1 rings (SSSR count). The van der Waals surface area contributed by atoms with Gasteiger partial charge in [0, 0.05) is 6.54 Å². The molecule has 5 nitrogen and oxygen atoms in total. The minimum absolute atomic E-state index is 0.0704. The van der Waals surface area contributed by atoms with Crippen LogP contribution in [-0.4, -0.2) is 23.7 Å². The number of hydrogen-bond acceptors (Lipinski definition) is 4. The fourth-order valence-corrected chi connectivity index (χ4v) is 1.28. The molecule has 0 aliphatic rings. The van der Waals surface area contributed by atoms with E-state index in [0.29, 0.717) is 16.3 Å². The van der Waals surface area contributed by atoms with E-state index >= 15 is 0 Å². The predicted octanol–water partition coefficient (Wildman–Crippen LogP) is 1.04. The standard InChI is InChI=1S/C10H10ClN3O2/c11-7-3-6(4-12)1-2-9(7)14-5-8(13)10(15)16/h1-3,8,14H,5,13H2,(H,15,16). The summed E-state index contributed by atoms with van der Waals surface area (Å²) in [4.78, 5) is 10.5. The Kier molecular flexibility index (Phi) is 4.11. The third-order valence-electron chi connectivity index (χ3n) is 1.93. The molecule has 0 heterocycles. The van der Waals surface area contributed by atoms with Crippen molar-refractivity contribution in [2.75, 3.05) is 11.9 Å². The maximum absolute atomic E-state index is 10.5. The number of nitrogens with two attached hydrogens (primary N) is 1. The molecule has 0 aliphatic heterocycles. The SMILES string of the molecule is N#Cc1ccc(NCC(N)C(=O)O)c(Cl)c1. The molecular formula is C10H10ClN3O2. The van der Waals surface area contributed by atoms with E-state index in [4.69, 9.17) is 27.7 Å². The fraction of sp³-hybridized carbons (Fsp3) is 0.200. The molecule has 6 heteroatoms. The second-order valence-electron chi connectivity index (χ2n) is 3.13. The van der Waals surface area contributed by atoms with Crippen LogP contribution in [0.4, 0.5) is 5.69 Å². The molecule has 1 aromatic rings. The average Bonchev–Trinajstić information content (AvgIpc) is 2.26. The van der Waals surface area contributed by atoms with E-state index in [2.05, 4.69) is 5.32 Å². The Morgan fingerprint density at radius 2 is 2.38 bits per heavy atom. The monoisotopic (exact) mass is 239 g/mol. The zero-order valence-corrected chi connectivity index (χ0v) is 9.03. The highest BCUT2D eigenvalue weighted by Gasteiger charge is 2.11. The molecule has 16 heavy (non-hydrogen) atoms. The van der Waals surface area contributed by atoms with Gasteiger partial charge in [0.1, 0.15) is 6.04 Å². The highest BCUT2D eigenvalue weighted by Crippen LogP contribution is 2.22. The van der Waals surface area contributed by atoms with Gasteiger partial charge in [-0.25, -0.2) is 0 Å². The molecule has 4 N–H and O–H groups in total. The summed E-state index contributed by atoms with van der Waals surface area (Å²) in [5.74, 6) is -1.09. The van der Waals surface area contributed by atoms with Crippen LogP contribution in [0.25, 0.3) is 0 Å². The highest BCUT2D eigenvalue weighted by molar-refractivity contribution is 6.33. The van der Waals surface area contributed by atoms with Gasteiger partial charge >= 0.3 is 5.97 Å². The van der Waals surface area contributed by atoms with Crippen molar-refractivity contribution < 1.29 is 9.90 Å². The number of nitrogens with zero attached hydrogens (tertiary/aromatic N) is 1. The third-order valence-corrected chi connectivity index (χ3v) is 2.24. The zero-order chi connectivity index (χ0) is 12.1. The molecule has 84 valence electrons. The number of benzene rings is 1. The van der Waals surface area contributed by atoms with Crippen molar-refractivity contribution in [1.29, 1.82) is 5.26 Å². The van der Waals surface area contributed by atoms with Crippen LogP contribution in [0.1, 0.15) is 5.56 Å². The molecule has 0 saturated heterocycles. The van der Waals surface area contributed by atoms with E-state index in [1.54, 1.807) is 12.1 Å². The van der Waals surface area contributed by atoms with Crippen LogP contribution in [0, 0.1) is 11.3 Å². The number of nitriles is 1. The smallest absolute Gasteiger partial charge is 0.322 e. The van der Waals surface area contributed by atoms with Crippen LogP contribution in [0.15, 0.2) is 18.2 Å². The van der Waals surface area contributed by atoms with Crippen LogP contribution in [-0.2, 0) is 4.79 Å². The Hall–Kier alpha value is -1.77. The van der Waals surface area contributed by atoms with E-state index in [9.17, 15) is 4.79 Å². The first-order chi connectivity index (χ1) is 7.54. The van der Waals surface area contributed by atoms with Gasteiger partial charge in [-0.15, -0.1) is 0 Å². The topological polar surface area (TPSA) is 99.1 Å². The summed E-state index contributed by atoms with van der Waals surface area (Å²) in [6, 6.07) is 5.64. The normalized spacial score (nSPS) is 11.6. The van der Waals surface area contributed by atoms with E-state index < -0.39 is 12.0 Å². The van der Waals surface area contributed by atoms with E-state index in [1.807, 2.05) is 6.07 Å². The van der Waals surface area contributed by atoms with Crippen molar-refractivity contribution in [3.8, 4) is 6.07 Å². The first-order valence-electron chi connectivity index (χ1n) is 4.46. The quantitative estimate of drug-likeness (QED) is 0.729. The number of carboxylic acids is 1. The second-order valence-corrected chi connectivity index (χ2v) is 3.54. The number of nitrogens with one attached hydrogen (secondary N) is 1. The lowest BCUT2D eigenvalue weighted by Crippen LogP contribution is -2.36. The molecule has 1 aromatic carbocycles.